The highest BCUT2D eigenvalue weighted by atomic mass is 79.9. The number of amides is 1. The fourth-order valence-corrected chi connectivity index (χ4v) is 3.58. The monoisotopic (exact) mass is 343 g/mol. The number of halogens is 1. The van der Waals surface area contributed by atoms with E-state index in [-0.39, 0.29) is 11.9 Å². The molecule has 3 heteroatoms. The first-order chi connectivity index (χ1) is 10.1. The Bertz CT molecular complexity index is 695. The molecule has 0 radical (unpaired) electrons. The minimum absolute atomic E-state index is 0.0709. The van der Waals surface area contributed by atoms with Crippen LogP contribution in [0.2, 0.25) is 0 Å². The molecular weight excluding hydrogens is 326 g/mol. The highest BCUT2D eigenvalue weighted by Crippen LogP contribution is 2.33. The molecule has 21 heavy (non-hydrogen) atoms. The summed E-state index contributed by atoms with van der Waals surface area (Å²) in [5.74, 6) is 0.0709. The highest BCUT2D eigenvalue weighted by Gasteiger charge is 2.29. The Labute approximate surface area is 133 Å². The normalized spacial score (nSPS) is 17.5. The third-order valence-corrected chi connectivity index (χ3v) is 4.75. The summed E-state index contributed by atoms with van der Waals surface area (Å²) < 4.78 is 0.864. The molecule has 0 aliphatic carbocycles. The van der Waals surface area contributed by atoms with E-state index in [0.29, 0.717) is 0 Å². The maximum Gasteiger partial charge on any atom is 0.259 e. The van der Waals surface area contributed by atoms with Gasteiger partial charge in [-0.25, -0.2) is 0 Å². The second kappa shape index (κ2) is 5.64. The van der Waals surface area contributed by atoms with Crippen molar-refractivity contribution in [2.75, 3.05) is 4.90 Å². The largest absolute Gasteiger partial charge is 0.305 e. The predicted octanol–water partition coefficient (Wildman–Crippen LogP) is 4.74. The van der Waals surface area contributed by atoms with Crippen LogP contribution in [-0.2, 0) is 6.42 Å². The second-order valence-electron chi connectivity index (χ2n) is 5.67. The number of hydrogen-bond acceptors (Lipinski definition) is 1. The number of para-hydroxylation sites is 1. The summed E-state index contributed by atoms with van der Waals surface area (Å²) in [7, 11) is 0. The zero-order valence-corrected chi connectivity index (χ0v) is 13.9. The number of carbonyl (C=O) groups is 1. The van der Waals surface area contributed by atoms with Gasteiger partial charge in [0.1, 0.15) is 0 Å². The number of fused-ring (bicyclic) bond motifs is 1. The lowest BCUT2D eigenvalue weighted by atomic mass is 9.95. The fourth-order valence-electron chi connectivity index (χ4n) is 2.92. The van der Waals surface area contributed by atoms with E-state index in [2.05, 4.69) is 28.9 Å². The van der Waals surface area contributed by atoms with Gasteiger partial charge in [0.25, 0.3) is 5.91 Å². The molecule has 2 aromatic carbocycles. The van der Waals surface area contributed by atoms with Crippen molar-refractivity contribution in [1.29, 1.82) is 0 Å². The van der Waals surface area contributed by atoms with Crippen LogP contribution in [0.5, 0.6) is 0 Å². The number of anilines is 1. The lowest BCUT2D eigenvalue weighted by molar-refractivity contribution is 0.0974. The lowest BCUT2D eigenvalue weighted by Crippen LogP contribution is -2.42. The summed E-state index contributed by atoms with van der Waals surface area (Å²) >= 11 is 3.53. The summed E-state index contributed by atoms with van der Waals surface area (Å²) in [6.07, 6.45) is 2.04. The molecule has 3 rings (SSSR count). The molecule has 0 fully saturated rings. The molecule has 1 heterocycles. The molecule has 0 bridgehead atoms. The van der Waals surface area contributed by atoms with Gasteiger partial charge in [-0.05, 0) is 71.9 Å². The van der Waals surface area contributed by atoms with Gasteiger partial charge in [-0.3, -0.25) is 4.79 Å². The molecule has 1 amide bonds. The molecule has 1 unspecified atom stereocenters. The Morgan fingerprint density at radius 2 is 2.00 bits per heavy atom. The third kappa shape index (κ3) is 2.62. The van der Waals surface area contributed by atoms with Crippen LogP contribution in [-0.4, -0.2) is 11.9 Å². The first-order valence-corrected chi connectivity index (χ1v) is 8.05. The van der Waals surface area contributed by atoms with Crippen LogP contribution in [0.3, 0.4) is 0 Å². The van der Waals surface area contributed by atoms with Crippen molar-refractivity contribution in [3.05, 3.63) is 63.6 Å². The predicted molar refractivity (Wildman–Crippen MR) is 89.9 cm³/mol. The molecule has 2 aromatic rings. The van der Waals surface area contributed by atoms with Crippen LogP contribution < -0.4 is 4.90 Å². The molecule has 1 aliphatic heterocycles. The fraction of sp³-hybridized carbons (Fsp3) is 0.278. The average Bonchev–Trinajstić information content (AvgIpc) is 2.46. The van der Waals surface area contributed by atoms with Gasteiger partial charge in [0.15, 0.2) is 0 Å². The van der Waals surface area contributed by atoms with E-state index >= 15 is 0 Å². The quantitative estimate of drug-likeness (QED) is 0.732. The summed E-state index contributed by atoms with van der Waals surface area (Å²) in [6, 6.07) is 14.3. The Balaban J connectivity index is 2.05. The molecule has 1 aliphatic rings. The van der Waals surface area contributed by atoms with Crippen LogP contribution in [0.15, 0.2) is 46.9 Å². The Hall–Kier alpha value is -1.61. The average molecular weight is 344 g/mol. The first kappa shape index (κ1) is 14.3. The van der Waals surface area contributed by atoms with Gasteiger partial charge in [-0.15, -0.1) is 0 Å². The van der Waals surface area contributed by atoms with Crippen molar-refractivity contribution in [3.63, 3.8) is 0 Å². The Kier molecular flexibility index (Phi) is 3.85. The van der Waals surface area contributed by atoms with Crippen LogP contribution in [0.1, 0.15) is 34.8 Å². The summed E-state index contributed by atoms with van der Waals surface area (Å²) in [5, 5.41) is 0. The number of carbonyl (C=O) groups excluding carboxylic acids is 1. The zero-order chi connectivity index (χ0) is 15.0. The van der Waals surface area contributed by atoms with Crippen molar-refractivity contribution in [3.8, 4) is 0 Å². The van der Waals surface area contributed by atoms with Crippen molar-refractivity contribution in [1.82, 2.24) is 0 Å². The minimum atomic E-state index is 0.0709. The summed E-state index contributed by atoms with van der Waals surface area (Å²) in [6.45, 7) is 4.15. The van der Waals surface area contributed by atoms with Crippen molar-refractivity contribution >= 4 is 27.5 Å². The third-order valence-electron chi connectivity index (χ3n) is 4.10. The molecule has 0 aromatic heterocycles. The summed E-state index contributed by atoms with van der Waals surface area (Å²) in [4.78, 5) is 14.9. The van der Waals surface area contributed by atoms with Gasteiger partial charge in [-0.2, -0.15) is 0 Å². The van der Waals surface area contributed by atoms with Crippen LogP contribution in [0.4, 0.5) is 5.69 Å². The standard InChI is InChI=1S/C18H18BrNO/c1-12-7-10-15(16(19)11-12)18(21)20-13(2)8-9-14-5-3-4-6-17(14)20/h3-7,10-11,13H,8-9H2,1-2H3. The SMILES string of the molecule is Cc1ccc(C(=O)N2c3ccccc3CCC2C)c(Br)c1. The van der Waals surface area contributed by atoms with E-state index in [1.54, 1.807) is 0 Å². The molecule has 1 atom stereocenters. The maximum atomic E-state index is 13.0. The molecule has 0 spiro atoms. The van der Waals surface area contributed by atoms with Gasteiger partial charge in [0.05, 0.1) is 5.56 Å². The summed E-state index contributed by atoms with van der Waals surface area (Å²) in [5.41, 5.74) is 4.18. The number of nitrogens with zero attached hydrogens (tertiary/aromatic N) is 1. The van der Waals surface area contributed by atoms with E-state index in [1.807, 2.05) is 48.2 Å². The van der Waals surface area contributed by atoms with Crippen LogP contribution >= 0.6 is 15.9 Å². The van der Waals surface area contributed by atoms with Crippen molar-refractivity contribution in [2.45, 2.75) is 32.7 Å². The van der Waals surface area contributed by atoms with Crippen LogP contribution in [0, 0.1) is 6.92 Å². The van der Waals surface area contributed by atoms with Gasteiger partial charge in [0, 0.05) is 16.2 Å². The number of benzene rings is 2. The molecule has 0 N–H and O–H groups in total. The highest BCUT2D eigenvalue weighted by molar-refractivity contribution is 9.10. The van der Waals surface area contributed by atoms with E-state index in [1.165, 1.54) is 5.56 Å². The van der Waals surface area contributed by atoms with Crippen LogP contribution in [0.25, 0.3) is 0 Å². The lowest BCUT2D eigenvalue weighted by Gasteiger charge is -2.35. The molecule has 2 nitrogen and oxygen atoms in total. The maximum absolute atomic E-state index is 13.0. The van der Waals surface area contributed by atoms with E-state index in [9.17, 15) is 4.79 Å². The van der Waals surface area contributed by atoms with E-state index in [0.717, 1.165) is 34.1 Å². The first-order valence-electron chi connectivity index (χ1n) is 7.25. The molecule has 0 saturated carbocycles. The zero-order valence-electron chi connectivity index (χ0n) is 12.3. The topological polar surface area (TPSA) is 20.3 Å². The van der Waals surface area contributed by atoms with Gasteiger partial charge in [-0.1, -0.05) is 24.3 Å². The molecule has 0 saturated heterocycles. The number of aryl methyl sites for hydroxylation is 2. The van der Waals surface area contributed by atoms with Crippen molar-refractivity contribution < 1.29 is 4.79 Å². The molecular formula is C18H18BrNO. The Morgan fingerprint density at radius 1 is 1.24 bits per heavy atom. The minimum Gasteiger partial charge on any atom is -0.305 e. The smallest absolute Gasteiger partial charge is 0.259 e. The van der Waals surface area contributed by atoms with E-state index in [4.69, 9.17) is 0 Å². The second-order valence-corrected chi connectivity index (χ2v) is 6.53. The van der Waals surface area contributed by atoms with Gasteiger partial charge < -0.3 is 4.90 Å². The van der Waals surface area contributed by atoms with Gasteiger partial charge in [0.2, 0.25) is 0 Å². The number of rotatable bonds is 1. The van der Waals surface area contributed by atoms with Gasteiger partial charge >= 0.3 is 0 Å². The van der Waals surface area contributed by atoms with E-state index < -0.39 is 0 Å². The van der Waals surface area contributed by atoms with Crippen molar-refractivity contribution in [2.24, 2.45) is 0 Å². The Morgan fingerprint density at radius 3 is 2.76 bits per heavy atom. The number of hydrogen-bond donors (Lipinski definition) is 0. The molecule has 108 valence electrons.